The minimum absolute atomic E-state index is 0.0910. The Balaban J connectivity index is 2.15. The summed E-state index contributed by atoms with van der Waals surface area (Å²) in [7, 11) is -3.52. The average Bonchev–Trinajstić information content (AvgIpc) is 2.79. The first-order valence-electron chi connectivity index (χ1n) is 11.4. The highest BCUT2D eigenvalue weighted by Crippen LogP contribution is 2.21. The predicted molar refractivity (Wildman–Crippen MR) is 137 cm³/mol. The van der Waals surface area contributed by atoms with Crippen molar-refractivity contribution in [2.24, 2.45) is 0 Å². The van der Waals surface area contributed by atoms with E-state index < -0.39 is 16.1 Å². The molecule has 0 aliphatic heterocycles. The molecule has 7 nitrogen and oxygen atoms in total. The fraction of sp³-hybridized carbons (Fsp3) is 0.440. The second-order valence-corrected chi connectivity index (χ2v) is 10.7. The summed E-state index contributed by atoms with van der Waals surface area (Å²) in [6.07, 6.45) is 2.34. The maximum Gasteiger partial charge on any atom is 0.242 e. The van der Waals surface area contributed by atoms with Gasteiger partial charge in [-0.25, -0.2) is 8.42 Å². The van der Waals surface area contributed by atoms with Gasteiger partial charge in [0.25, 0.3) is 0 Å². The molecule has 1 atom stereocenters. The Bertz CT molecular complexity index is 1070. The highest BCUT2D eigenvalue weighted by molar-refractivity contribution is 7.92. The van der Waals surface area contributed by atoms with Crippen molar-refractivity contribution in [3.8, 4) is 0 Å². The number of halogens is 1. The molecule has 186 valence electrons. The van der Waals surface area contributed by atoms with Gasteiger partial charge in [0.15, 0.2) is 0 Å². The van der Waals surface area contributed by atoms with Crippen molar-refractivity contribution in [3.63, 3.8) is 0 Å². The van der Waals surface area contributed by atoms with Crippen molar-refractivity contribution in [2.75, 3.05) is 23.7 Å². The predicted octanol–water partition coefficient (Wildman–Crippen LogP) is 4.14. The highest BCUT2D eigenvalue weighted by atomic mass is 35.5. The normalized spacial score (nSPS) is 12.1. The lowest BCUT2D eigenvalue weighted by Crippen LogP contribution is -2.47. The van der Waals surface area contributed by atoms with Crippen LogP contribution in [0.1, 0.15) is 44.2 Å². The summed E-state index contributed by atoms with van der Waals surface area (Å²) in [5.41, 5.74) is 2.32. The van der Waals surface area contributed by atoms with Crippen molar-refractivity contribution < 1.29 is 18.0 Å². The van der Waals surface area contributed by atoms with Gasteiger partial charge in [0.05, 0.1) is 11.9 Å². The summed E-state index contributed by atoms with van der Waals surface area (Å²) in [5, 5.41) is 3.35. The number of carbonyl (C=O) groups is 2. The van der Waals surface area contributed by atoms with Crippen LogP contribution in [0.5, 0.6) is 0 Å². The molecule has 2 aromatic rings. The summed E-state index contributed by atoms with van der Waals surface area (Å²) >= 11 is 6.30. The van der Waals surface area contributed by atoms with Gasteiger partial charge < -0.3 is 10.2 Å². The monoisotopic (exact) mass is 507 g/mol. The third kappa shape index (κ3) is 8.02. The zero-order chi connectivity index (χ0) is 25.3. The molecule has 2 amide bonds. The minimum Gasteiger partial charge on any atom is -0.354 e. The van der Waals surface area contributed by atoms with E-state index in [0.29, 0.717) is 23.7 Å². The number of sulfonamides is 1. The van der Waals surface area contributed by atoms with Gasteiger partial charge in [0, 0.05) is 31.1 Å². The van der Waals surface area contributed by atoms with Crippen LogP contribution in [0.15, 0.2) is 48.5 Å². The molecule has 0 aliphatic rings. The van der Waals surface area contributed by atoms with E-state index in [1.807, 2.05) is 38.1 Å². The van der Waals surface area contributed by atoms with Gasteiger partial charge in [-0.15, -0.1) is 0 Å². The SMILES string of the molecule is CCCNC(=O)C(C)N(Cc1ccccc1Cl)C(=O)CCCN(c1ccc(C)cc1)S(C)(=O)=O. The van der Waals surface area contributed by atoms with Crippen LogP contribution in [0.25, 0.3) is 0 Å². The molecule has 0 saturated carbocycles. The molecule has 34 heavy (non-hydrogen) atoms. The third-order valence-electron chi connectivity index (χ3n) is 5.49. The summed E-state index contributed by atoms with van der Waals surface area (Å²) in [4.78, 5) is 27.4. The van der Waals surface area contributed by atoms with Gasteiger partial charge in [-0.1, -0.05) is 54.4 Å². The fourth-order valence-electron chi connectivity index (χ4n) is 3.50. The summed E-state index contributed by atoms with van der Waals surface area (Å²) in [6, 6.07) is 13.7. The molecule has 0 bridgehead atoms. The first-order chi connectivity index (χ1) is 16.0. The number of hydrogen-bond acceptors (Lipinski definition) is 4. The van der Waals surface area contributed by atoms with Crippen LogP contribution < -0.4 is 9.62 Å². The molecule has 1 unspecified atom stereocenters. The number of amides is 2. The zero-order valence-electron chi connectivity index (χ0n) is 20.3. The van der Waals surface area contributed by atoms with Crippen molar-refractivity contribution in [1.82, 2.24) is 10.2 Å². The lowest BCUT2D eigenvalue weighted by molar-refractivity contribution is -0.140. The number of rotatable bonds is 12. The molecule has 1 N–H and O–H groups in total. The quantitative estimate of drug-likeness (QED) is 0.467. The molecular formula is C25H34ClN3O4S. The molecule has 9 heteroatoms. The maximum absolute atomic E-state index is 13.2. The highest BCUT2D eigenvalue weighted by Gasteiger charge is 2.27. The Morgan fingerprint density at radius 1 is 1.09 bits per heavy atom. The largest absolute Gasteiger partial charge is 0.354 e. The first-order valence-corrected chi connectivity index (χ1v) is 13.6. The molecule has 0 aliphatic carbocycles. The number of aryl methyl sites for hydroxylation is 1. The van der Waals surface area contributed by atoms with E-state index in [2.05, 4.69) is 5.32 Å². The number of hydrogen-bond donors (Lipinski definition) is 1. The summed E-state index contributed by atoms with van der Waals surface area (Å²) < 4.78 is 26.0. The third-order valence-corrected chi connectivity index (χ3v) is 7.05. The van der Waals surface area contributed by atoms with Crippen molar-refractivity contribution in [2.45, 2.75) is 52.6 Å². The second kappa shape index (κ2) is 12.8. The standard InChI is InChI=1S/C25H34ClN3O4S/c1-5-16-27-25(31)20(3)28(18-21-9-6-7-10-23(21)26)24(30)11-8-17-29(34(4,32)33)22-14-12-19(2)13-15-22/h6-7,9-10,12-15,20H,5,8,11,16-18H2,1-4H3,(H,27,31). The van der Waals surface area contributed by atoms with Gasteiger partial charge in [0.1, 0.15) is 6.04 Å². The molecule has 0 saturated heterocycles. The van der Waals surface area contributed by atoms with Crippen molar-refractivity contribution in [1.29, 1.82) is 0 Å². The second-order valence-electron chi connectivity index (χ2n) is 8.35. The van der Waals surface area contributed by atoms with E-state index in [1.165, 1.54) is 9.21 Å². The molecular weight excluding hydrogens is 474 g/mol. The van der Waals surface area contributed by atoms with Crippen LogP contribution in [-0.4, -0.2) is 50.5 Å². The Kier molecular flexibility index (Phi) is 10.4. The molecule has 0 heterocycles. The van der Waals surface area contributed by atoms with Crippen LogP contribution >= 0.6 is 11.6 Å². The average molecular weight is 508 g/mol. The van der Waals surface area contributed by atoms with Crippen LogP contribution in [-0.2, 0) is 26.2 Å². The maximum atomic E-state index is 13.2. The van der Waals surface area contributed by atoms with Crippen LogP contribution in [0.4, 0.5) is 5.69 Å². The Morgan fingerprint density at radius 2 is 1.74 bits per heavy atom. The topological polar surface area (TPSA) is 86.8 Å². The lowest BCUT2D eigenvalue weighted by atomic mass is 10.1. The van der Waals surface area contributed by atoms with Crippen LogP contribution in [0.2, 0.25) is 5.02 Å². The van der Waals surface area contributed by atoms with Gasteiger partial charge in [-0.05, 0) is 50.5 Å². The lowest BCUT2D eigenvalue weighted by Gasteiger charge is -2.29. The Labute approximate surface area is 208 Å². The number of anilines is 1. The van der Waals surface area contributed by atoms with E-state index >= 15 is 0 Å². The van der Waals surface area contributed by atoms with Gasteiger partial charge >= 0.3 is 0 Å². The van der Waals surface area contributed by atoms with E-state index in [-0.39, 0.29) is 31.3 Å². The van der Waals surface area contributed by atoms with E-state index in [9.17, 15) is 18.0 Å². The van der Waals surface area contributed by atoms with Crippen molar-refractivity contribution >= 4 is 39.1 Å². The first kappa shape index (κ1) is 27.7. The van der Waals surface area contributed by atoms with Gasteiger partial charge in [-0.2, -0.15) is 0 Å². The number of nitrogens with one attached hydrogen (secondary N) is 1. The molecule has 2 rings (SSSR count). The molecule has 2 aromatic carbocycles. The molecule has 0 radical (unpaired) electrons. The molecule has 0 fully saturated rings. The van der Waals surface area contributed by atoms with Gasteiger partial charge in [0.2, 0.25) is 21.8 Å². The zero-order valence-corrected chi connectivity index (χ0v) is 21.8. The Morgan fingerprint density at radius 3 is 2.32 bits per heavy atom. The fourth-order valence-corrected chi connectivity index (χ4v) is 4.66. The van der Waals surface area contributed by atoms with E-state index in [4.69, 9.17) is 11.6 Å². The summed E-state index contributed by atoms with van der Waals surface area (Å²) in [5.74, 6) is -0.476. The summed E-state index contributed by atoms with van der Waals surface area (Å²) in [6.45, 7) is 6.45. The molecule has 0 aromatic heterocycles. The van der Waals surface area contributed by atoms with Crippen LogP contribution in [0, 0.1) is 6.92 Å². The Hall–Kier alpha value is -2.58. The minimum atomic E-state index is -3.52. The van der Waals surface area contributed by atoms with Gasteiger partial charge in [-0.3, -0.25) is 13.9 Å². The number of benzene rings is 2. The smallest absolute Gasteiger partial charge is 0.242 e. The van der Waals surface area contributed by atoms with Crippen molar-refractivity contribution in [3.05, 3.63) is 64.7 Å². The van der Waals surface area contributed by atoms with Crippen LogP contribution in [0.3, 0.4) is 0 Å². The van der Waals surface area contributed by atoms with E-state index in [0.717, 1.165) is 23.8 Å². The number of carbonyl (C=O) groups excluding carboxylic acids is 2. The van der Waals surface area contributed by atoms with E-state index in [1.54, 1.807) is 31.2 Å². The molecule has 0 spiro atoms. The number of nitrogens with zero attached hydrogens (tertiary/aromatic N) is 2.